The molecule has 0 radical (unpaired) electrons. The largest absolute Gasteiger partial charge is 0.372 e. The molecule has 2 aromatic rings. The van der Waals surface area contributed by atoms with E-state index in [9.17, 15) is 9.59 Å². The van der Waals surface area contributed by atoms with Gasteiger partial charge in [-0.25, -0.2) is 0 Å². The Balaban J connectivity index is 1.63. The summed E-state index contributed by atoms with van der Waals surface area (Å²) in [7, 11) is 0. The Bertz CT molecular complexity index is 680. The van der Waals surface area contributed by atoms with Gasteiger partial charge < -0.3 is 10.1 Å². The molecule has 1 N–H and O–H groups in total. The Kier molecular flexibility index (Phi) is 3.79. The Morgan fingerprint density at radius 2 is 1.71 bits per heavy atom. The lowest BCUT2D eigenvalue weighted by molar-refractivity contribution is 0.0904. The fourth-order valence-corrected chi connectivity index (χ4v) is 2.30. The van der Waals surface area contributed by atoms with Crippen molar-refractivity contribution in [1.82, 2.24) is 5.32 Å². The highest BCUT2D eigenvalue weighted by molar-refractivity contribution is 6.02. The van der Waals surface area contributed by atoms with Crippen LogP contribution in [-0.2, 0) is 18.0 Å². The maximum atomic E-state index is 12.1. The summed E-state index contributed by atoms with van der Waals surface area (Å²) in [6.07, 6.45) is 0. The Morgan fingerprint density at radius 3 is 2.52 bits per heavy atom. The third-order valence-electron chi connectivity index (χ3n) is 3.49. The van der Waals surface area contributed by atoms with E-state index < -0.39 is 0 Å². The summed E-state index contributed by atoms with van der Waals surface area (Å²) in [5.41, 5.74) is 3.31. The molecule has 21 heavy (non-hydrogen) atoms. The lowest BCUT2D eigenvalue weighted by atomic mass is 10.1. The first-order chi connectivity index (χ1) is 10.2. The topological polar surface area (TPSA) is 55.4 Å². The average Bonchev–Trinajstić information content (AvgIpc) is 3.00. The normalized spacial score (nSPS) is 12.8. The van der Waals surface area contributed by atoms with Crippen LogP contribution in [0.25, 0.3) is 0 Å². The molecule has 4 heteroatoms. The summed E-state index contributed by atoms with van der Waals surface area (Å²) in [6, 6.07) is 14.4. The fraction of sp³-hybridized carbons (Fsp3) is 0.176. The van der Waals surface area contributed by atoms with E-state index in [1.807, 2.05) is 18.2 Å². The van der Waals surface area contributed by atoms with Gasteiger partial charge in [-0.2, -0.15) is 0 Å². The fourth-order valence-electron chi connectivity index (χ4n) is 2.30. The molecule has 0 aliphatic carbocycles. The second-order valence-electron chi connectivity index (χ2n) is 4.95. The standard InChI is InChI=1S/C17H15NO3/c19-16(12-4-2-1-3-5-12)9-18-17(20)13-6-7-14-10-21-11-15(14)8-13/h1-8H,9-11H2,(H,18,20). The maximum Gasteiger partial charge on any atom is 0.251 e. The number of ketones is 1. The van der Waals surface area contributed by atoms with Crippen LogP contribution < -0.4 is 5.32 Å². The smallest absolute Gasteiger partial charge is 0.251 e. The van der Waals surface area contributed by atoms with E-state index in [0.29, 0.717) is 24.3 Å². The second-order valence-corrected chi connectivity index (χ2v) is 4.95. The third kappa shape index (κ3) is 3.01. The minimum absolute atomic E-state index is 0.00354. The van der Waals surface area contributed by atoms with Crippen molar-refractivity contribution >= 4 is 11.7 Å². The van der Waals surface area contributed by atoms with E-state index in [0.717, 1.165) is 11.1 Å². The van der Waals surface area contributed by atoms with Crippen LogP contribution >= 0.6 is 0 Å². The van der Waals surface area contributed by atoms with Crippen LogP contribution in [0.15, 0.2) is 48.5 Å². The van der Waals surface area contributed by atoms with Gasteiger partial charge in [0, 0.05) is 11.1 Å². The van der Waals surface area contributed by atoms with Crippen molar-refractivity contribution in [3.8, 4) is 0 Å². The van der Waals surface area contributed by atoms with Gasteiger partial charge in [0.1, 0.15) is 0 Å². The van der Waals surface area contributed by atoms with E-state index >= 15 is 0 Å². The highest BCUT2D eigenvalue weighted by atomic mass is 16.5. The highest BCUT2D eigenvalue weighted by Crippen LogP contribution is 2.20. The lowest BCUT2D eigenvalue weighted by Crippen LogP contribution is -2.29. The average molecular weight is 281 g/mol. The highest BCUT2D eigenvalue weighted by Gasteiger charge is 2.15. The van der Waals surface area contributed by atoms with Crippen LogP contribution in [0.2, 0.25) is 0 Å². The molecule has 1 heterocycles. The van der Waals surface area contributed by atoms with Gasteiger partial charge in [-0.3, -0.25) is 9.59 Å². The monoisotopic (exact) mass is 281 g/mol. The predicted octanol–water partition coefficient (Wildman–Crippen LogP) is 2.33. The molecule has 0 saturated carbocycles. The minimum Gasteiger partial charge on any atom is -0.372 e. The molecular formula is C17H15NO3. The molecule has 0 saturated heterocycles. The molecule has 0 bridgehead atoms. The SMILES string of the molecule is O=C(CNC(=O)c1ccc2c(c1)COC2)c1ccccc1. The number of nitrogens with one attached hydrogen (secondary N) is 1. The van der Waals surface area contributed by atoms with Gasteiger partial charge in [-0.15, -0.1) is 0 Å². The molecule has 0 unspecified atom stereocenters. The number of hydrogen-bond acceptors (Lipinski definition) is 3. The van der Waals surface area contributed by atoms with E-state index in [-0.39, 0.29) is 18.2 Å². The summed E-state index contributed by atoms with van der Waals surface area (Å²) >= 11 is 0. The molecule has 1 aliphatic rings. The summed E-state index contributed by atoms with van der Waals surface area (Å²) in [4.78, 5) is 24.0. The number of carbonyl (C=O) groups excluding carboxylic acids is 2. The first-order valence-electron chi connectivity index (χ1n) is 6.80. The van der Waals surface area contributed by atoms with Crippen LogP contribution in [0, 0.1) is 0 Å². The van der Waals surface area contributed by atoms with Crippen LogP contribution in [0.3, 0.4) is 0 Å². The zero-order valence-electron chi connectivity index (χ0n) is 11.5. The number of hydrogen-bond donors (Lipinski definition) is 1. The van der Waals surface area contributed by atoms with E-state index in [1.54, 1.807) is 30.3 Å². The van der Waals surface area contributed by atoms with Crippen molar-refractivity contribution < 1.29 is 14.3 Å². The van der Waals surface area contributed by atoms with Crippen LogP contribution in [0.5, 0.6) is 0 Å². The quantitative estimate of drug-likeness (QED) is 0.875. The predicted molar refractivity (Wildman–Crippen MR) is 78.0 cm³/mol. The first-order valence-corrected chi connectivity index (χ1v) is 6.80. The molecule has 106 valence electrons. The molecule has 0 spiro atoms. The van der Waals surface area contributed by atoms with Gasteiger partial charge in [-0.05, 0) is 23.3 Å². The van der Waals surface area contributed by atoms with Gasteiger partial charge in [0.2, 0.25) is 0 Å². The molecule has 2 aromatic carbocycles. The van der Waals surface area contributed by atoms with Crippen molar-refractivity contribution in [3.63, 3.8) is 0 Å². The summed E-state index contributed by atoms with van der Waals surface area (Å²) in [5.74, 6) is -0.345. The summed E-state index contributed by atoms with van der Waals surface area (Å²) in [5, 5.41) is 2.66. The molecule has 4 nitrogen and oxygen atoms in total. The number of benzene rings is 2. The molecule has 1 amide bonds. The van der Waals surface area contributed by atoms with Crippen molar-refractivity contribution in [2.24, 2.45) is 0 Å². The van der Waals surface area contributed by atoms with Gasteiger partial charge in [-0.1, -0.05) is 36.4 Å². The number of rotatable bonds is 4. The van der Waals surface area contributed by atoms with Crippen LogP contribution in [0.1, 0.15) is 31.8 Å². The minimum atomic E-state index is -0.242. The van der Waals surface area contributed by atoms with E-state index in [1.165, 1.54) is 0 Å². The van der Waals surface area contributed by atoms with E-state index in [4.69, 9.17) is 4.74 Å². The summed E-state index contributed by atoms with van der Waals surface area (Å²) < 4.78 is 5.32. The second kappa shape index (κ2) is 5.89. The Hall–Kier alpha value is -2.46. The number of Topliss-reactive ketones (excluding diaryl/α,β-unsaturated/α-hetero) is 1. The van der Waals surface area contributed by atoms with Gasteiger partial charge in [0.25, 0.3) is 5.91 Å². The van der Waals surface area contributed by atoms with Crippen molar-refractivity contribution in [2.75, 3.05) is 6.54 Å². The number of carbonyl (C=O) groups is 2. The maximum absolute atomic E-state index is 12.1. The zero-order chi connectivity index (χ0) is 14.7. The molecule has 0 atom stereocenters. The van der Waals surface area contributed by atoms with Crippen molar-refractivity contribution in [2.45, 2.75) is 13.2 Å². The number of amides is 1. The lowest BCUT2D eigenvalue weighted by Gasteiger charge is -2.06. The molecule has 3 rings (SSSR count). The molecule has 0 aromatic heterocycles. The number of ether oxygens (including phenoxy) is 1. The number of fused-ring (bicyclic) bond motifs is 1. The van der Waals surface area contributed by atoms with E-state index in [2.05, 4.69) is 5.32 Å². The van der Waals surface area contributed by atoms with Gasteiger partial charge in [0.05, 0.1) is 19.8 Å². The third-order valence-corrected chi connectivity index (χ3v) is 3.49. The Morgan fingerprint density at radius 1 is 0.952 bits per heavy atom. The first kappa shape index (κ1) is 13.5. The van der Waals surface area contributed by atoms with Gasteiger partial charge in [0.15, 0.2) is 5.78 Å². The Labute approximate surface area is 122 Å². The molecular weight excluding hydrogens is 266 g/mol. The molecule has 0 fully saturated rings. The van der Waals surface area contributed by atoms with Crippen molar-refractivity contribution in [3.05, 3.63) is 70.8 Å². The zero-order valence-corrected chi connectivity index (χ0v) is 11.5. The van der Waals surface area contributed by atoms with Crippen LogP contribution in [-0.4, -0.2) is 18.2 Å². The van der Waals surface area contributed by atoms with Crippen molar-refractivity contribution in [1.29, 1.82) is 0 Å². The van der Waals surface area contributed by atoms with Crippen LogP contribution in [0.4, 0.5) is 0 Å². The molecule has 1 aliphatic heterocycles. The summed E-state index contributed by atoms with van der Waals surface area (Å²) in [6.45, 7) is 1.14. The van der Waals surface area contributed by atoms with Gasteiger partial charge >= 0.3 is 0 Å².